The van der Waals surface area contributed by atoms with Gasteiger partial charge in [0.05, 0.1) is 17.8 Å². The molecule has 3 heterocycles. The average molecular weight is 507 g/mol. The summed E-state index contributed by atoms with van der Waals surface area (Å²) in [5.74, 6) is 0.174. The number of piperazine rings is 1. The Morgan fingerprint density at radius 3 is 2.57 bits per heavy atom. The third-order valence-corrected chi connectivity index (χ3v) is 8.74. The normalized spacial score (nSPS) is 20.1. The lowest BCUT2D eigenvalue weighted by atomic mass is 9.91. The number of hydrogen-bond donors (Lipinski definition) is 0. The Morgan fingerprint density at radius 1 is 1.14 bits per heavy atom. The van der Waals surface area contributed by atoms with Gasteiger partial charge in [0.15, 0.2) is 0 Å². The Balaban J connectivity index is 1.22. The van der Waals surface area contributed by atoms with Crippen LogP contribution in [0.4, 0.5) is 13.2 Å². The first-order valence-electron chi connectivity index (χ1n) is 12.7. The number of carbonyl (C=O) groups excluding carboxylic acids is 1. The van der Waals surface area contributed by atoms with E-state index in [0.717, 1.165) is 49.3 Å². The SMILES string of the molecule is CCCc1ccc(-c2nc3c(s2)CN(CC(=O)N2CCN(C4CCC4)CC2)CC3)cc1C(F)(F)F. The highest BCUT2D eigenvalue weighted by Gasteiger charge is 2.34. The summed E-state index contributed by atoms with van der Waals surface area (Å²) < 4.78 is 40.9. The highest BCUT2D eigenvalue weighted by molar-refractivity contribution is 7.15. The van der Waals surface area contributed by atoms with Gasteiger partial charge in [-0.1, -0.05) is 31.9 Å². The van der Waals surface area contributed by atoms with E-state index in [1.807, 2.05) is 11.8 Å². The maximum absolute atomic E-state index is 13.6. The number of nitrogens with zero attached hydrogens (tertiary/aromatic N) is 4. The van der Waals surface area contributed by atoms with Gasteiger partial charge in [-0.3, -0.25) is 14.6 Å². The van der Waals surface area contributed by atoms with Gasteiger partial charge in [0.1, 0.15) is 5.01 Å². The van der Waals surface area contributed by atoms with Crippen LogP contribution in [-0.4, -0.2) is 70.9 Å². The largest absolute Gasteiger partial charge is 0.416 e. The number of aromatic nitrogens is 1. The summed E-state index contributed by atoms with van der Waals surface area (Å²) in [4.78, 5) is 25.3. The molecule has 0 radical (unpaired) electrons. The van der Waals surface area contributed by atoms with Gasteiger partial charge in [0, 0.05) is 62.2 Å². The van der Waals surface area contributed by atoms with E-state index >= 15 is 0 Å². The van der Waals surface area contributed by atoms with Crippen molar-refractivity contribution in [1.82, 2.24) is 19.7 Å². The molecule has 0 spiro atoms. The van der Waals surface area contributed by atoms with Gasteiger partial charge in [-0.25, -0.2) is 4.98 Å². The number of rotatable bonds is 6. The van der Waals surface area contributed by atoms with Crippen LogP contribution in [0.15, 0.2) is 18.2 Å². The van der Waals surface area contributed by atoms with Crippen molar-refractivity contribution in [1.29, 1.82) is 0 Å². The van der Waals surface area contributed by atoms with Crippen molar-refractivity contribution in [2.45, 2.75) is 64.2 Å². The van der Waals surface area contributed by atoms with E-state index in [0.29, 0.717) is 48.5 Å². The molecule has 1 saturated heterocycles. The second-order valence-electron chi connectivity index (χ2n) is 9.97. The lowest BCUT2D eigenvalue weighted by Crippen LogP contribution is -2.55. The van der Waals surface area contributed by atoms with Crippen LogP contribution in [0.3, 0.4) is 0 Å². The highest BCUT2D eigenvalue weighted by Crippen LogP contribution is 2.38. The first kappa shape index (κ1) is 24.7. The van der Waals surface area contributed by atoms with E-state index in [1.165, 1.54) is 36.7 Å². The third-order valence-electron chi connectivity index (χ3n) is 7.61. The van der Waals surface area contributed by atoms with Crippen molar-refractivity contribution in [3.63, 3.8) is 0 Å². The van der Waals surface area contributed by atoms with E-state index in [2.05, 4.69) is 14.8 Å². The van der Waals surface area contributed by atoms with Crippen molar-refractivity contribution >= 4 is 17.2 Å². The van der Waals surface area contributed by atoms with E-state index in [4.69, 9.17) is 0 Å². The fourth-order valence-corrected chi connectivity index (χ4v) is 6.49. The number of fused-ring (bicyclic) bond motifs is 1. The van der Waals surface area contributed by atoms with Gasteiger partial charge >= 0.3 is 6.18 Å². The predicted molar refractivity (Wildman–Crippen MR) is 131 cm³/mol. The second-order valence-corrected chi connectivity index (χ2v) is 11.1. The number of alkyl halides is 3. The molecule has 2 fully saturated rings. The van der Waals surface area contributed by atoms with Gasteiger partial charge in [-0.05, 0) is 30.9 Å². The fourth-order valence-electron chi connectivity index (χ4n) is 5.35. The van der Waals surface area contributed by atoms with Crippen LogP contribution in [0.1, 0.15) is 54.3 Å². The zero-order valence-electron chi connectivity index (χ0n) is 20.2. The lowest BCUT2D eigenvalue weighted by Gasteiger charge is -2.43. The maximum atomic E-state index is 13.6. The van der Waals surface area contributed by atoms with Gasteiger partial charge in [0.2, 0.25) is 5.91 Å². The van der Waals surface area contributed by atoms with E-state index < -0.39 is 11.7 Å². The van der Waals surface area contributed by atoms with Gasteiger partial charge in [0.25, 0.3) is 0 Å². The van der Waals surface area contributed by atoms with Crippen molar-refractivity contribution in [2.24, 2.45) is 0 Å². The quantitative estimate of drug-likeness (QED) is 0.562. The van der Waals surface area contributed by atoms with Crippen LogP contribution in [-0.2, 0) is 30.4 Å². The van der Waals surface area contributed by atoms with Crippen molar-refractivity contribution < 1.29 is 18.0 Å². The minimum absolute atomic E-state index is 0.174. The van der Waals surface area contributed by atoms with Gasteiger partial charge < -0.3 is 4.90 Å². The maximum Gasteiger partial charge on any atom is 0.416 e. The molecule has 1 saturated carbocycles. The zero-order chi connectivity index (χ0) is 24.6. The molecule has 5 rings (SSSR count). The molecule has 190 valence electrons. The molecule has 3 aliphatic rings. The summed E-state index contributed by atoms with van der Waals surface area (Å²) >= 11 is 1.45. The lowest BCUT2D eigenvalue weighted by molar-refractivity contribution is -0.138. The van der Waals surface area contributed by atoms with Crippen LogP contribution in [0.5, 0.6) is 0 Å². The summed E-state index contributed by atoms with van der Waals surface area (Å²) in [7, 11) is 0. The minimum Gasteiger partial charge on any atom is -0.339 e. The van der Waals surface area contributed by atoms with Crippen LogP contribution in [0.2, 0.25) is 0 Å². The molecule has 1 aromatic heterocycles. The Bertz CT molecular complexity index is 1060. The molecular weight excluding hydrogens is 473 g/mol. The summed E-state index contributed by atoms with van der Waals surface area (Å²) in [6.45, 7) is 7.18. The Hall–Kier alpha value is -1.97. The Kier molecular flexibility index (Phi) is 7.19. The van der Waals surface area contributed by atoms with Crippen LogP contribution >= 0.6 is 11.3 Å². The third kappa shape index (κ3) is 5.42. The molecule has 1 aromatic carbocycles. The minimum atomic E-state index is -4.38. The van der Waals surface area contributed by atoms with Gasteiger partial charge in [-0.2, -0.15) is 13.2 Å². The highest BCUT2D eigenvalue weighted by atomic mass is 32.1. The molecule has 5 nitrogen and oxygen atoms in total. The number of amides is 1. The molecule has 0 bridgehead atoms. The summed E-state index contributed by atoms with van der Waals surface area (Å²) in [5, 5.41) is 0.629. The number of carbonyl (C=O) groups is 1. The molecular formula is C26H33F3N4OS. The standard InChI is InChI=1S/C26H33F3N4OS/c1-2-4-18-7-8-19(15-21(18)26(27,28)29)25-30-22-9-10-31(16-23(22)35-25)17-24(34)33-13-11-32(12-14-33)20-5-3-6-20/h7-8,15,20H,2-6,9-14,16-17H2,1H3. The molecule has 9 heteroatoms. The number of benzene rings is 1. The summed E-state index contributed by atoms with van der Waals surface area (Å²) in [6, 6.07) is 5.33. The predicted octanol–water partition coefficient (Wildman–Crippen LogP) is 4.84. The molecule has 35 heavy (non-hydrogen) atoms. The van der Waals surface area contributed by atoms with E-state index in [9.17, 15) is 18.0 Å². The van der Waals surface area contributed by atoms with Crippen molar-refractivity contribution in [3.05, 3.63) is 39.9 Å². The number of aryl methyl sites for hydroxylation is 1. The molecule has 0 atom stereocenters. The van der Waals surface area contributed by atoms with Crippen LogP contribution < -0.4 is 0 Å². The monoisotopic (exact) mass is 506 g/mol. The molecule has 0 unspecified atom stereocenters. The van der Waals surface area contributed by atoms with E-state index in [-0.39, 0.29) is 5.91 Å². The molecule has 2 aromatic rings. The number of hydrogen-bond acceptors (Lipinski definition) is 5. The van der Waals surface area contributed by atoms with Crippen LogP contribution in [0, 0.1) is 0 Å². The van der Waals surface area contributed by atoms with Crippen LogP contribution in [0.25, 0.3) is 10.6 Å². The number of halogens is 3. The zero-order valence-corrected chi connectivity index (χ0v) is 21.1. The molecule has 0 N–H and O–H groups in total. The second kappa shape index (κ2) is 10.2. The Morgan fingerprint density at radius 2 is 1.91 bits per heavy atom. The fraction of sp³-hybridized carbons (Fsp3) is 0.615. The van der Waals surface area contributed by atoms with Crippen molar-refractivity contribution in [2.75, 3.05) is 39.3 Å². The van der Waals surface area contributed by atoms with E-state index in [1.54, 1.807) is 12.1 Å². The van der Waals surface area contributed by atoms with Crippen molar-refractivity contribution in [3.8, 4) is 10.6 Å². The van der Waals surface area contributed by atoms with Gasteiger partial charge in [-0.15, -0.1) is 11.3 Å². The molecule has 1 amide bonds. The first-order chi connectivity index (χ1) is 16.8. The average Bonchev–Trinajstić information content (AvgIpc) is 3.21. The Labute approximate surface area is 208 Å². The summed E-state index contributed by atoms with van der Waals surface area (Å²) in [5.41, 5.74) is 1.25. The molecule has 2 aliphatic heterocycles. The number of thiazole rings is 1. The molecule has 1 aliphatic carbocycles. The topological polar surface area (TPSA) is 39.7 Å². The first-order valence-corrected chi connectivity index (χ1v) is 13.6. The summed E-state index contributed by atoms with van der Waals surface area (Å²) in [6.07, 6.45) is 1.32. The smallest absolute Gasteiger partial charge is 0.339 e.